The lowest BCUT2D eigenvalue weighted by atomic mass is 10.1. The largest absolute Gasteiger partial charge is 0.491 e. The molecule has 3 rings (SSSR count). The van der Waals surface area contributed by atoms with Gasteiger partial charge in [0.2, 0.25) is 5.91 Å². The van der Waals surface area contributed by atoms with E-state index in [2.05, 4.69) is 5.32 Å². The minimum Gasteiger partial charge on any atom is -0.491 e. The Hall–Kier alpha value is -2.82. The maximum Gasteiger partial charge on any atom is 0.251 e. The van der Waals surface area contributed by atoms with Gasteiger partial charge in [0.1, 0.15) is 5.75 Å². The van der Waals surface area contributed by atoms with E-state index in [9.17, 15) is 9.59 Å². The zero-order valence-corrected chi connectivity index (χ0v) is 15.9. The van der Waals surface area contributed by atoms with E-state index < -0.39 is 0 Å². The number of nitrogens with zero attached hydrogens (tertiary/aromatic N) is 1. The van der Waals surface area contributed by atoms with Crippen molar-refractivity contribution in [3.8, 4) is 5.75 Å². The van der Waals surface area contributed by atoms with E-state index in [1.165, 1.54) is 0 Å². The molecule has 142 valence electrons. The monoisotopic (exact) mass is 366 g/mol. The summed E-state index contributed by atoms with van der Waals surface area (Å²) < 4.78 is 5.62. The molecule has 2 aromatic rings. The third-order valence-electron chi connectivity index (χ3n) is 4.48. The maximum absolute atomic E-state index is 12.5. The number of rotatable bonds is 7. The van der Waals surface area contributed by atoms with Gasteiger partial charge >= 0.3 is 0 Å². The van der Waals surface area contributed by atoms with Gasteiger partial charge < -0.3 is 15.0 Å². The molecule has 1 N–H and O–H groups in total. The number of hydrogen-bond acceptors (Lipinski definition) is 3. The third kappa shape index (κ3) is 5.33. The highest BCUT2D eigenvalue weighted by Crippen LogP contribution is 2.16. The normalized spacial score (nSPS) is 13.9. The molecule has 0 unspecified atom stereocenters. The van der Waals surface area contributed by atoms with Crippen LogP contribution < -0.4 is 10.1 Å². The van der Waals surface area contributed by atoms with E-state index >= 15 is 0 Å². The summed E-state index contributed by atoms with van der Waals surface area (Å²) in [6.07, 6.45) is 1.68. The zero-order chi connectivity index (χ0) is 19.2. The lowest BCUT2D eigenvalue weighted by Gasteiger charge is -2.16. The second-order valence-corrected chi connectivity index (χ2v) is 7.11. The molecule has 27 heavy (non-hydrogen) atoms. The first kappa shape index (κ1) is 19.0. The average molecular weight is 366 g/mol. The standard InChI is InChI=1S/C22H26N2O3/c1-16(2)27-20-10-8-17(9-11-20)14-23-22(26)19-6-3-5-18(13-19)15-24-12-4-7-21(24)25/h3,5-6,8-11,13,16H,4,7,12,14-15H2,1-2H3,(H,23,26). The van der Waals surface area contributed by atoms with Crippen molar-refractivity contribution in [1.82, 2.24) is 10.2 Å². The maximum atomic E-state index is 12.5. The van der Waals surface area contributed by atoms with Gasteiger partial charge in [0.05, 0.1) is 6.10 Å². The highest BCUT2D eigenvalue weighted by atomic mass is 16.5. The number of nitrogens with one attached hydrogen (secondary N) is 1. The third-order valence-corrected chi connectivity index (χ3v) is 4.48. The minimum absolute atomic E-state index is 0.118. The molecule has 0 atom stereocenters. The molecule has 2 aromatic carbocycles. The Morgan fingerprint density at radius 3 is 2.59 bits per heavy atom. The molecule has 1 aliphatic heterocycles. The minimum atomic E-state index is -0.118. The molecule has 1 fully saturated rings. The van der Waals surface area contributed by atoms with Crippen LogP contribution in [0.25, 0.3) is 0 Å². The molecule has 1 aliphatic rings. The summed E-state index contributed by atoms with van der Waals surface area (Å²) in [6, 6.07) is 15.2. The molecule has 0 aromatic heterocycles. The molecule has 5 heteroatoms. The first-order chi connectivity index (χ1) is 13.0. The Labute approximate surface area is 160 Å². The van der Waals surface area contributed by atoms with Crippen molar-refractivity contribution in [3.05, 3.63) is 65.2 Å². The zero-order valence-electron chi connectivity index (χ0n) is 15.9. The Bertz CT molecular complexity index is 799. The van der Waals surface area contributed by atoms with Gasteiger partial charge in [0.25, 0.3) is 5.91 Å². The predicted octanol–water partition coefficient (Wildman–Crippen LogP) is 3.53. The Balaban J connectivity index is 1.56. The van der Waals surface area contributed by atoms with Crippen molar-refractivity contribution in [2.75, 3.05) is 6.54 Å². The summed E-state index contributed by atoms with van der Waals surface area (Å²) in [7, 11) is 0. The Morgan fingerprint density at radius 2 is 1.93 bits per heavy atom. The number of hydrogen-bond donors (Lipinski definition) is 1. The first-order valence-corrected chi connectivity index (χ1v) is 9.42. The highest BCUT2D eigenvalue weighted by Gasteiger charge is 2.20. The van der Waals surface area contributed by atoms with Crippen LogP contribution in [0.5, 0.6) is 5.75 Å². The second kappa shape index (κ2) is 8.71. The van der Waals surface area contributed by atoms with Crippen LogP contribution in [0.15, 0.2) is 48.5 Å². The molecule has 0 bridgehead atoms. The number of carbonyl (C=O) groups is 2. The molecular formula is C22H26N2O3. The molecule has 1 heterocycles. The summed E-state index contributed by atoms with van der Waals surface area (Å²) in [5.41, 5.74) is 2.60. The van der Waals surface area contributed by atoms with E-state index in [1.807, 2.05) is 61.2 Å². The van der Waals surface area contributed by atoms with Crippen LogP contribution in [0.4, 0.5) is 0 Å². The molecule has 2 amide bonds. The summed E-state index contributed by atoms with van der Waals surface area (Å²) >= 11 is 0. The molecule has 5 nitrogen and oxygen atoms in total. The van der Waals surface area contributed by atoms with Crippen LogP contribution in [-0.4, -0.2) is 29.4 Å². The van der Waals surface area contributed by atoms with Crippen LogP contribution in [0.1, 0.15) is 48.2 Å². The van der Waals surface area contributed by atoms with Gasteiger partial charge in [-0.1, -0.05) is 24.3 Å². The number of amides is 2. The topological polar surface area (TPSA) is 58.6 Å². The van der Waals surface area contributed by atoms with E-state index in [4.69, 9.17) is 4.74 Å². The SMILES string of the molecule is CC(C)Oc1ccc(CNC(=O)c2cccc(CN3CCCC3=O)c2)cc1. The molecule has 0 radical (unpaired) electrons. The fraction of sp³-hybridized carbons (Fsp3) is 0.364. The van der Waals surface area contributed by atoms with Crippen molar-refractivity contribution in [2.45, 2.75) is 45.9 Å². The van der Waals surface area contributed by atoms with Crippen molar-refractivity contribution in [3.63, 3.8) is 0 Å². The van der Waals surface area contributed by atoms with Gasteiger partial charge in [-0.25, -0.2) is 0 Å². The molecule has 1 saturated heterocycles. The van der Waals surface area contributed by atoms with Gasteiger partial charge in [-0.05, 0) is 55.7 Å². The lowest BCUT2D eigenvalue weighted by Crippen LogP contribution is -2.25. The number of carbonyl (C=O) groups excluding carboxylic acids is 2. The van der Waals surface area contributed by atoms with Crippen LogP contribution in [0.2, 0.25) is 0 Å². The first-order valence-electron chi connectivity index (χ1n) is 9.42. The van der Waals surface area contributed by atoms with Gasteiger partial charge in [-0.15, -0.1) is 0 Å². The average Bonchev–Trinajstić information content (AvgIpc) is 3.05. The van der Waals surface area contributed by atoms with Crippen molar-refractivity contribution < 1.29 is 14.3 Å². The quantitative estimate of drug-likeness (QED) is 0.816. The van der Waals surface area contributed by atoms with Crippen molar-refractivity contribution in [1.29, 1.82) is 0 Å². The molecule has 0 saturated carbocycles. The van der Waals surface area contributed by atoms with Crippen LogP contribution in [0, 0.1) is 0 Å². The number of benzene rings is 2. The molecule has 0 spiro atoms. The highest BCUT2D eigenvalue weighted by molar-refractivity contribution is 5.94. The summed E-state index contributed by atoms with van der Waals surface area (Å²) in [4.78, 5) is 26.1. The summed E-state index contributed by atoms with van der Waals surface area (Å²) in [5, 5.41) is 2.94. The van der Waals surface area contributed by atoms with Gasteiger partial charge in [0, 0.05) is 31.6 Å². The predicted molar refractivity (Wildman–Crippen MR) is 104 cm³/mol. The van der Waals surface area contributed by atoms with E-state index in [0.717, 1.165) is 29.8 Å². The van der Waals surface area contributed by atoms with Crippen molar-refractivity contribution >= 4 is 11.8 Å². The number of ether oxygens (including phenoxy) is 1. The van der Waals surface area contributed by atoms with Gasteiger partial charge in [-0.3, -0.25) is 9.59 Å². The van der Waals surface area contributed by atoms with E-state index in [0.29, 0.717) is 25.1 Å². The van der Waals surface area contributed by atoms with E-state index in [-0.39, 0.29) is 17.9 Å². The Kier molecular flexibility index (Phi) is 6.12. The fourth-order valence-corrected chi connectivity index (χ4v) is 3.14. The van der Waals surface area contributed by atoms with Crippen LogP contribution >= 0.6 is 0 Å². The summed E-state index contributed by atoms with van der Waals surface area (Å²) in [5.74, 6) is 0.895. The molecular weight excluding hydrogens is 340 g/mol. The smallest absolute Gasteiger partial charge is 0.251 e. The second-order valence-electron chi connectivity index (χ2n) is 7.11. The van der Waals surface area contributed by atoms with E-state index in [1.54, 1.807) is 6.07 Å². The fourth-order valence-electron chi connectivity index (χ4n) is 3.14. The van der Waals surface area contributed by atoms with Gasteiger partial charge in [-0.2, -0.15) is 0 Å². The van der Waals surface area contributed by atoms with Gasteiger partial charge in [0.15, 0.2) is 0 Å². The van der Waals surface area contributed by atoms with Crippen LogP contribution in [0.3, 0.4) is 0 Å². The number of likely N-dealkylation sites (tertiary alicyclic amines) is 1. The van der Waals surface area contributed by atoms with Crippen molar-refractivity contribution in [2.24, 2.45) is 0 Å². The summed E-state index contributed by atoms with van der Waals surface area (Å²) in [6.45, 7) is 5.79. The Morgan fingerprint density at radius 1 is 1.15 bits per heavy atom. The van der Waals surface area contributed by atoms with Crippen LogP contribution in [-0.2, 0) is 17.9 Å². The lowest BCUT2D eigenvalue weighted by molar-refractivity contribution is -0.128. The molecule has 0 aliphatic carbocycles.